The molecule has 2 nitrogen and oxygen atoms in total. The van der Waals surface area contributed by atoms with E-state index < -0.39 is 0 Å². The van der Waals surface area contributed by atoms with E-state index in [2.05, 4.69) is 17.1 Å². The lowest BCUT2D eigenvalue weighted by molar-refractivity contribution is 0.975. The van der Waals surface area contributed by atoms with Gasteiger partial charge in [-0.2, -0.15) is 18.6 Å². The minimum absolute atomic E-state index is 0. The maximum atomic E-state index is 3.77. The van der Waals surface area contributed by atoms with Gasteiger partial charge >= 0.3 is 0 Å². The van der Waals surface area contributed by atoms with Crippen LogP contribution in [0.1, 0.15) is 12.6 Å². The van der Waals surface area contributed by atoms with E-state index in [1.165, 1.54) is 5.69 Å². The summed E-state index contributed by atoms with van der Waals surface area (Å²) in [6.45, 7) is 2.09. The van der Waals surface area contributed by atoms with E-state index in [1.54, 1.807) is 6.20 Å². The smallest absolute Gasteiger partial charge is 0.0490 e. The van der Waals surface area contributed by atoms with Crippen molar-refractivity contribution >= 4 is 13.5 Å². The SMILES string of the molecule is CCc1ccn[nH]1.S. The Hall–Kier alpha value is -0.440. The Labute approximate surface area is 55.8 Å². The largest absolute Gasteiger partial charge is 0.283 e. The summed E-state index contributed by atoms with van der Waals surface area (Å²) in [5.41, 5.74) is 1.19. The molecule has 0 unspecified atom stereocenters. The lowest BCUT2D eigenvalue weighted by atomic mass is 10.4. The van der Waals surface area contributed by atoms with Crippen molar-refractivity contribution < 1.29 is 0 Å². The van der Waals surface area contributed by atoms with Crippen LogP contribution in [0, 0.1) is 0 Å². The number of H-pyrrole nitrogens is 1. The normalized spacial score (nSPS) is 8.12. The predicted molar refractivity (Wildman–Crippen MR) is 38.3 cm³/mol. The zero-order valence-electron chi connectivity index (χ0n) is 4.81. The van der Waals surface area contributed by atoms with Crippen molar-refractivity contribution in [3.63, 3.8) is 0 Å². The number of nitrogens with zero attached hydrogens (tertiary/aromatic N) is 1. The third-order valence-electron chi connectivity index (χ3n) is 0.939. The van der Waals surface area contributed by atoms with Crippen molar-refractivity contribution in [3.05, 3.63) is 18.0 Å². The van der Waals surface area contributed by atoms with Crippen LogP contribution in [0.5, 0.6) is 0 Å². The molecule has 46 valence electrons. The lowest BCUT2D eigenvalue weighted by Crippen LogP contribution is -1.75. The van der Waals surface area contributed by atoms with E-state index in [0.717, 1.165) is 6.42 Å². The molecule has 0 saturated heterocycles. The van der Waals surface area contributed by atoms with Gasteiger partial charge in [-0.15, -0.1) is 0 Å². The number of aryl methyl sites for hydroxylation is 1. The summed E-state index contributed by atoms with van der Waals surface area (Å²) in [4.78, 5) is 0. The van der Waals surface area contributed by atoms with Crippen LogP contribution in [0.4, 0.5) is 0 Å². The quantitative estimate of drug-likeness (QED) is 0.605. The summed E-state index contributed by atoms with van der Waals surface area (Å²) in [6, 6.07) is 1.97. The Balaban J connectivity index is 0.000000490. The minimum Gasteiger partial charge on any atom is -0.283 e. The highest BCUT2D eigenvalue weighted by molar-refractivity contribution is 7.59. The van der Waals surface area contributed by atoms with Crippen LogP contribution in [0.15, 0.2) is 12.3 Å². The maximum absolute atomic E-state index is 3.77. The highest BCUT2D eigenvalue weighted by atomic mass is 32.1. The summed E-state index contributed by atoms with van der Waals surface area (Å²) in [7, 11) is 0. The monoisotopic (exact) mass is 130 g/mol. The molecule has 0 spiro atoms. The van der Waals surface area contributed by atoms with Crippen LogP contribution in [0.25, 0.3) is 0 Å². The van der Waals surface area contributed by atoms with Gasteiger partial charge in [0.25, 0.3) is 0 Å². The molecule has 1 N–H and O–H groups in total. The second kappa shape index (κ2) is 3.55. The van der Waals surface area contributed by atoms with Crippen LogP contribution in [-0.2, 0) is 6.42 Å². The molecule has 0 aliphatic rings. The second-order valence-corrected chi connectivity index (χ2v) is 1.44. The van der Waals surface area contributed by atoms with Crippen molar-refractivity contribution in [1.82, 2.24) is 10.2 Å². The molecule has 0 aromatic carbocycles. The molecule has 0 saturated carbocycles. The highest BCUT2D eigenvalue weighted by Gasteiger charge is 1.82. The molecular formula is C5H10N2S. The van der Waals surface area contributed by atoms with Gasteiger partial charge in [0.05, 0.1) is 0 Å². The molecule has 1 aromatic heterocycles. The fourth-order valence-electron chi connectivity index (χ4n) is 0.482. The number of aromatic nitrogens is 2. The molecule has 0 amide bonds. The molecule has 0 fully saturated rings. The average molecular weight is 130 g/mol. The number of hydrogen-bond acceptors (Lipinski definition) is 1. The Kier molecular flexibility index (Phi) is 3.35. The van der Waals surface area contributed by atoms with Crippen LogP contribution in [0.3, 0.4) is 0 Å². The third kappa shape index (κ3) is 1.58. The first-order chi connectivity index (χ1) is 3.43. The molecule has 1 rings (SSSR count). The standard InChI is InChI=1S/C5H8N2.H2S/c1-2-5-3-4-6-7-5;/h3-4H,2H2,1H3,(H,6,7);1H2. The summed E-state index contributed by atoms with van der Waals surface area (Å²) in [5, 5.41) is 6.60. The predicted octanol–water partition coefficient (Wildman–Crippen LogP) is 1.08. The fraction of sp³-hybridized carbons (Fsp3) is 0.400. The van der Waals surface area contributed by atoms with Crippen molar-refractivity contribution in [2.75, 3.05) is 0 Å². The molecule has 0 aliphatic heterocycles. The van der Waals surface area contributed by atoms with Gasteiger partial charge in [-0.3, -0.25) is 5.10 Å². The summed E-state index contributed by atoms with van der Waals surface area (Å²) in [6.07, 6.45) is 2.80. The van der Waals surface area contributed by atoms with Gasteiger partial charge in [0.2, 0.25) is 0 Å². The van der Waals surface area contributed by atoms with Crippen molar-refractivity contribution in [3.8, 4) is 0 Å². The number of nitrogens with one attached hydrogen (secondary N) is 1. The molecule has 0 atom stereocenters. The van der Waals surface area contributed by atoms with E-state index >= 15 is 0 Å². The van der Waals surface area contributed by atoms with Crippen molar-refractivity contribution in [2.24, 2.45) is 0 Å². The van der Waals surface area contributed by atoms with Gasteiger partial charge in [0.1, 0.15) is 0 Å². The highest BCUT2D eigenvalue weighted by Crippen LogP contribution is 1.88. The first kappa shape index (κ1) is 7.56. The third-order valence-corrected chi connectivity index (χ3v) is 0.939. The number of rotatable bonds is 1. The van der Waals surface area contributed by atoms with Crippen LogP contribution >= 0.6 is 13.5 Å². The fourth-order valence-corrected chi connectivity index (χ4v) is 0.482. The molecule has 1 aromatic rings. The summed E-state index contributed by atoms with van der Waals surface area (Å²) < 4.78 is 0. The van der Waals surface area contributed by atoms with Crippen LogP contribution in [0.2, 0.25) is 0 Å². The van der Waals surface area contributed by atoms with E-state index in [1.807, 2.05) is 6.07 Å². The topological polar surface area (TPSA) is 28.7 Å². The van der Waals surface area contributed by atoms with Gasteiger partial charge in [-0.25, -0.2) is 0 Å². The molecular weight excluding hydrogens is 120 g/mol. The molecule has 1 heterocycles. The Morgan fingerprint density at radius 3 is 2.75 bits per heavy atom. The van der Waals surface area contributed by atoms with Gasteiger partial charge in [0, 0.05) is 11.9 Å². The first-order valence-electron chi connectivity index (χ1n) is 2.41. The zero-order chi connectivity index (χ0) is 5.11. The van der Waals surface area contributed by atoms with Crippen molar-refractivity contribution in [2.45, 2.75) is 13.3 Å². The molecule has 8 heavy (non-hydrogen) atoms. The van der Waals surface area contributed by atoms with Gasteiger partial charge < -0.3 is 0 Å². The Morgan fingerprint density at radius 2 is 2.50 bits per heavy atom. The van der Waals surface area contributed by atoms with Crippen LogP contribution < -0.4 is 0 Å². The molecule has 0 radical (unpaired) electrons. The lowest BCUT2D eigenvalue weighted by Gasteiger charge is -1.79. The Morgan fingerprint density at radius 1 is 1.75 bits per heavy atom. The number of hydrogen-bond donors (Lipinski definition) is 1. The molecule has 3 heteroatoms. The maximum Gasteiger partial charge on any atom is 0.0490 e. The summed E-state index contributed by atoms with van der Waals surface area (Å²) >= 11 is 0. The molecule has 0 aliphatic carbocycles. The van der Waals surface area contributed by atoms with Crippen molar-refractivity contribution in [1.29, 1.82) is 0 Å². The number of aromatic amines is 1. The van der Waals surface area contributed by atoms with Gasteiger partial charge in [0.15, 0.2) is 0 Å². The first-order valence-corrected chi connectivity index (χ1v) is 2.41. The zero-order valence-corrected chi connectivity index (χ0v) is 5.81. The molecule has 0 bridgehead atoms. The van der Waals surface area contributed by atoms with Gasteiger partial charge in [-0.1, -0.05) is 6.92 Å². The van der Waals surface area contributed by atoms with Crippen LogP contribution in [-0.4, -0.2) is 10.2 Å². The minimum atomic E-state index is 0. The Bertz CT molecular complexity index is 125. The summed E-state index contributed by atoms with van der Waals surface area (Å²) in [5.74, 6) is 0. The van der Waals surface area contributed by atoms with Gasteiger partial charge in [-0.05, 0) is 12.5 Å². The van der Waals surface area contributed by atoms with E-state index in [-0.39, 0.29) is 13.5 Å². The second-order valence-electron chi connectivity index (χ2n) is 1.44. The average Bonchev–Trinajstić information content (AvgIpc) is 2.14. The van der Waals surface area contributed by atoms with E-state index in [9.17, 15) is 0 Å². The van der Waals surface area contributed by atoms with E-state index in [0.29, 0.717) is 0 Å². The van der Waals surface area contributed by atoms with E-state index in [4.69, 9.17) is 0 Å².